The number of furan rings is 1. The van der Waals surface area contributed by atoms with Gasteiger partial charge in [0.15, 0.2) is 5.78 Å². The van der Waals surface area contributed by atoms with Gasteiger partial charge >= 0.3 is 0 Å². The van der Waals surface area contributed by atoms with Gasteiger partial charge in [0, 0.05) is 0 Å². The summed E-state index contributed by atoms with van der Waals surface area (Å²) in [7, 11) is 0. The Kier molecular flexibility index (Phi) is 6.59. The molecule has 1 aliphatic heterocycles. The summed E-state index contributed by atoms with van der Waals surface area (Å²) >= 11 is 1.61. The van der Waals surface area contributed by atoms with E-state index in [-0.39, 0.29) is 29.7 Å². The Labute approximate surface area is 153 Å². The molecule has 138 valence electrons. The van der Waals surface area contributed by atoms with Crippen molar-refractivity contribution in [3.05, 3.63) is 24.2 Å². The van der Waals surface area contributed by atoms with Gasteiger partial charge in [-0.3, -0.25) is 9.59 Å². The lowest BCUT2D eigenvalue weighted by Gasteiger charge is -2.26. The highest BCUT2D eigenvalue weighted by atomic mass is 32.2. The molecule has 1 saturated carbocycles. The molecule has 1 amide bonds. The fourth-order valence-electron chi connectivity index (χ4n) is 3.66. The molecule has 0 aromatic carbocycles. The van der Waals surface area contributed by atoms with Gasteiger partial charge in [-0.1, -0.05) is 32.1 Å². The van der Waals surface area contributed by atoms with E-state index in [1.807, 2.05) is 19.1 Å². The maximum atomic E-state index is 12.9. The van der Waals surface area contributed by atoms with Crippen LogP contribution in [-0.2, 0) is 20.1 Å². The van der Waals surface area contributed by atoms with Gasteiger partial charge in [0.25, 0.3) is 0 Å². The number of ketones is 1. The van der Waals surface area contributed by atoms with Gasteiger partial charge < -0.3 is 14.5 Å². The van der Waals surface area contributed by atoms with Crippen LogP contribution < -0.4 is 5.32 Å². The molecular formula is C19H27NO4S. The Balaban J connectivity index is 1.61. The molecule has 1 unspecified atom stereocenters. The summed E-state index contributed by atoms with van der Waals surface area (Å²) < 4.78 is 10.7. The van der Waals surface area contributed by atoms with Crippen molar-refractivity contribution >= 4 is 23.5 Å². The number of carbonyl (C=O) groups excluding carboxylic acids is 2. The number of Topliss-reactive ketones (excluding diaryl/α,β-unsaturated/α-hetero) is 1. The fourth-order valence-corrected chi connectivity index (χ4v) is 4.82. The number of carbonyl (C=O) groups is 2. The van der Waals surface area contributed by atoms with Crippen molar-refractivity contribution in [1.29, 1.82) is 0 Å². The Morgan fingerprint density at radius 3 is 2.80 bits per heavy atom. The number of rotatable bonds is 7. The first-order chi connectivity index (χ1) is 12.1. The normalized spacial score (nSPS) is 25.9. The fraction of sp³-hybridized carbons (Fsp3) is 0.684. The molecule has 1 aliphatic carbocycles. The monoisotopic (exact) mass is 365 g/mol. The minimum atomic E-state index is -0.509. The van der Waals surface area contributed by atoms with Crippen LogP contribution >= 0.6 is 11.8 Å². The van der Waals surface area contributed by atoms with Gasteiger partial charge in [0.1, 0.15) is 18.4 Å². The van der Waals surface area contributed by atoms with E-state index in [0.717, 1.165) is 12.2 Å². The van der Waals surface area contributed by atoms with Crippen LogP contribution in [0.4, 0.5) is 0 Å². The van der Waals surface area contributed by atoms with Crippen LogP contribution in [0.15, 0.2) is 22.8 Å². The second-order valence-corrected chi connectivity index (χ2v) is 8.28. The molecule has 2 aliphatic rings. The van der Waals surface area contributed by atoms with Crippen molar-refractivity contribution in [2.45, 2.75) is 68.6 Å². The van der Waals surface area contributed by atoms with Crippen molar-refractivity contribution < 1.29 is 18.7 Å². The van der Waals surface area contributed by atoms with Crippen molar-refractivity contribution in [1.82, 2.24) is 5.32 Å². The number of hydrogen-bond acceptors (Lipinski definition) is 5. The van der Waals surface area contributed by atoms with Gasteiger partial charge in [-0.15, -0.1) is 11.8 Å². The van der Waals surface area contributed by atoms with E-state index in [0.29, 0.717) is 11.7 Å². The summed E-state index contributed by atoms with van der Waals surface area (Å²) in [5.74, 6) is 2.07. The minimum absolute atomic E-state index is 0.0340. The van der Waals surface area contributed by atoms with Gasteiger partial charge in [0.05, 0.1) is 23.4 Å². The maximum Gasteiger partial charge on any atom is 0.233 e. The second-order valence-electron chi connectivity index (χ2n) is 7.09. The van der Waals surface area contributed by atoms with Gasteiger partial charge in [0.2, 0.25) is 5.91 Å². The molecule has 5 nitrogen and oxygen atoms in total. The van der Waals surface area contributed by atoms with E-state index in [4.69, 9.17) is 9.15 Å². The summed E-state index contributed by atoms with van der Waals surface area (Å²) in [6, 6.07) is 3.28. The van der Waals surface area contributed by atoms with Crippen molar-refractivity contribution in [3.8, 4) is 0 Å². The molecule has 1 saturated heterocycles. The Morgan fingerprint density at radius 2 is 2.16 bits per heavy atom. The lowest BCUT2D eigenvalue weighted by molar-refractivity contribution is -0.126. The van der Waals surface area contributed by atoms with E-state index in [9.17, 15) is 9.59 Å². The topological polar surface area (TPSA) is 68.5 Å². The zero-order chi connectivity index (χ0) is 17.6. The Bertz CT molecular complexity index is 568. The standard InChI is InChI=1S/C19H27NO4S/c1-13-18(16(21)11-24-13)20-19(22)17(10-14-6-3-2-4-7-14)25-12-15-8-5-9-23-15/h5,8-9,13-14,17-18H,2-4,6-7,10-12H2,1H3,(H,20,22)/t13?,17-,18-/m1/s1. The number of thioether (sulfide) groups is 1. The van der Waals surface area contributed by atoms with Crippen molar-refractivity contribution in [2.24, 2.45) is 5.92 Å². The first-order valence-corrected chi connectivity index (χ1v) is 10.3. The van der Waals surface area contributed by atoms with Crippen LogP contribution in [0.25, 0.3) is 0 Å². The van der Waals surface area contributed by atoms with Crippen LogP contribution in [0.5, 0.6) is 0 Å². The molecule has 0 spiro atoms. The Morgan fingerprint density at radius 1 is 1.36 bits per heavy atom. The van der Waals surface area contributed by atoms with Crippen LogP contribution in [0.1, 0.15) is 51.2 Å². The van der Waals surface area contributed by atoms with Crippen molar-refractivity contribution in [3.63, 3.8) is 0 Å². The molecular weight excluding hydrogens is 338 g/mol. The molecule has 1 aromatic heterocycles. The summed E-state index contributed by atoms with van der Waals surface area (Å²) in [6.45, 7) is 1.93. The average Bonchev–Trinajstić information content (AvgIpc) is 3.24. The molecule has 25 heavy (non-hydrogen) atoms. The molecule has 0 bridgehead atoms. The molecule has 1 N–H and O–H groups in total. The van der Waals surface area contributed by atoms with Crippen LogP contribution in [-0.4, -0.2) is 35.7 Å². The highest BCUT2D eigenvalue weighted by Crippen LogP contribution is 2.32. The Hall–Kier alpha value is -1.27. The zero-order valence-corrected chi connectivity index (χ0v) is 15.6. The first kappa shape index (κ1) is 18.5. The molecule has 3 rings (SSSR count). The number of hydrogen-bond donors (Lipinski definition) is 1. The van der Waals surface area contributed by atoms with Gasteiger partial charge in [-0.05, 0) is 31.4 Å². The summed E-state index contributed by atoms with van der Waals surface area (Å²) in [5, 5.41) is 2.77. The minimum Gasteiger partial charge on any atom is -0.468 e. The SMILES string of the molecule is CC1OCC(=O)[C@@H]1NC(=O)[C@@H](CC1CCCCC1)SCc1ccco1. The summed E-state index contributed by atoms with van der Waals surface area (Å²) in [6.07, 6.45) is 8.50. The zero-order valence-electron chi connectivity index (χ0n) is 14.7. The van der Waals surface area contributed by atoms with Crippen LogP contribution in [0, 0.1) is 5.92 Å². The van der Waals surface area contributed by atoms with Crippen LogP contribution in [0.2, 0.25) is 0 Å². The summed E-state index contributed by atoms with van der Waals surface area (Å²) in [4.78, 5) is 24.8. The third kappa shape index (κ3) is 5.11. The quantitative estimate of drug-likeness (QED) is 0.803. The first-order valence-electron chi connectivity index (χ1n) is 9.22. The number of ether oxygens (including phenoxy) is 1. The van der Waals surface area contributed by atoms with E-state index >= 15 is 0 Å². The lowest BCUT2D eigenvalue weighted by Crippen LogP contribution is -2.47. The lowest BCUT2D eigenvalue weighted by atomic mass is 9.86. The van der Waals surface area contributed by atoms with E-state index in [1.54, 1.807) is 18.0 Å². The van der Waals surface area contributed by atoms with E-state index < -0.39 is 6.04 Å². The largest absolute Gasteiger partial charge is 0.468 e. The molecule has 1 aromatic rings. The van der Waals surface area contributed by atoms with Gasteiger partial charge in [-0.2, -0.15) is 0 Å². The average molecular weight is 365 g/mol. The van der Waals surface area contributed by atoms with E-state index in [1.165, 1.54) is 32.1 Å². The molecule has 3 atom stereocenters. The highest BCUT2D eigenvalue weighted by molar-refractivity contribution is 7.99. The predicted octanol–water partition coefficient (Wildman–Crippen LogP) is 3.32. The van der Waals surface area contributed by atoms with Crippen molar-refractivity contribution in [2.75, 3.05) is 6.61 Å². The highest BCUT2D eigenvalue weighted by Gasteiger charge is 2.36. The van der Waals surface area contributed by atoms with E-state index in [2.05, 4.69) is 5.32 Å². The number of nitrogens with one attached hydrogen (secondary N) is 1. The van der Waals surface area contributed by atoms with Crippen LogP contribution in [0.3, 0.4) is 0 Å². The van der Waals surface area contributed by atoms with Gasteiger partial charge in [-0.25, -0.2) is 0 Å². The smallest absolute Gasteiger partial charge is 0.233 e. The predicted molar refractivity (Wildman–Crippen MR) is 97.3 cm³/mol. The second kappa shape index (κ2) is 8.90. The number of amides is 1. The molecule has 0 radical (unpaired) electrons. The molecule has 2 fully saturated rings. The molecule has 2 heterocycles. The summed E-state index contributed by atoms with van der Waals surface area (Å²) in [5.41, 5.74) is 0. The maximum absolute atomic E-state index is 12.9. The third-order valence-corrected chi connectivity index (χ3v) is 6.43. The third-order valence-electron chi connectivity index (χ3n) is 5.17. The molecule has 6 heteroatoms.